The van der Waals surface area contributed by atoms with Crippen molar-refractivity contribution >= 4 is 11.7 Å². The Hall–Kier alpha value is -2.37. The predicted molar refractivity (Wildman–Crippen MR) is 72.9 cm³/mol. The molecule has 0 atom stereocenters. The molecule has 2 rings (SSSR count). The van der Waals surface area contributed by atoms with E-state index in [1.54, 1.807) is 30.3 Å². The van der Waals surface area contributed by atoms with E-state index in [0.29, 0.717) is 12.1 Å². The zero-order valence-electron chi connectivity index (χ0n) is 11.3. The summed E-state index contributed by atoms with van der Waals surface area (Å²) in [6.45, 7) is 0.453. The van der Waals surface area contributed by atoms with Gasteiger partial charge in [0.05, 0.1) is 11.8 Å². The molecule has 0 spiro atoms. The van der Waals surface area contributed by atoms with Crippen molar-refractivity contribution in [3.8, 4) is 0 Å². The van der Waals surface area contributed by atoms with Crippen LogP contribution in [0.3, 0.4) is 0 Å². The van der Waals surface area contributed by atoms with E-state index >= 15 is 0 Å². The number of anilines is 1. The third-order valence-electron chi connectivity index (χ3n) is 2.69. The van der Waals surface area contributed by atoms with Crippen molar-refractivity contribution in [2.45, 2.75) is 6.54 Å². The molecular formula is C13H17N5O. The largest absolute Gasteiger partial charge is 0.363 e. The molecule has 1 amide bonds. The minimum Gasteiger partial charge on any atom is -0.363 e. The van der Waals surface area contributed by atoms with E-state index in [1.807, 2.05) is 31.1 Å². The maximum atomic E-state index is 11.8. The molecular weight excluding hydrogens is 242 g/mol. The Morgan fingerprint density at radius 3 is 2.68 bits per heavy atom. The van der Waals surface area contributed by atoms with Gasteiger partial charge in [0.1, 0.15) is 5.82 Å². The van der Waals surface area contributed by atoms with E-state index in [9.17, 15) is 4.79 Å². The Kier molecular flexibility index (Phi) is 3.79. The lowest BCUT2D eigenvalue weighted by Gasteiger charge is -2.11. The quantitative estimate of drug-likeness (QED) is 0.882. The highest BCUT2D eigenvalue weighted by atomic mass is 16.1. The van der Waals surface area contributed by atoms with Gasteiger partial charge in [0.2, 0.25) is 0 Å². The number of hydrogen-bond acceptors (Lipinski definition) is 4. The monoisotopic (exact) mass is 259 g/mol. The van der Waals surface area contributed by atoms with Crippen molar-refractivity contribution in [3.05, 3.63) is 41.9 Å². The third kappa shape index (κ3) is 3.31. The summed E-state index contributed by atoms with van der Waals surface area (Å²) < 4.78 is 1.60. The average molecular weight is 259 g/mol. The molecule has 0 bridgehead atoms. The molecule has 0 aliphatic heterocycles. The molecule has 0 saturated heterocycles. The number of nitrogens with one attached hydrogen (secondary N) is 1. The molecule has 6 heteroatoms. The van der Waals surface area contributed by atoms with Gasteiger partial charge in [0, 0.05) is 40.1 Å². The van der Waals surface area contributed by atoms with Crippen LogP contribution in [-0.4, -0.2) is 34.8 Å². The lowest BCUT2D eigenvalue weighted by atomic mass is 10.2. The fraction of sp³-hybridized carbons (Fsp3) is 0.308. The number of hydrogen-bond donors (Lipinski definition) is 1. The highest BCUT2D eigenvalue weighted by Crippen LogP contribution is 2.07. The number of aryl methyl sites for hydroxylation is 1. The number of pyridine rings is 1. The molecule has 2 aromatic heterocycles. The Bertz CT molecular complexity index is 559. The Morgan fingerprint density at radius 1 is 1.37 bits per heavy atom. The summed E-state index contributed by atoms with van der Waals surface area (Å²) >= 11 is 0. The third-order valence-corrected chi connectivity index (χ3v) is 2.69. The molecule has 0 saturated carbocycles. The van der Waals surface area contributed by atoms with E-state index in [1.165, 1.54) is 0 Å². The van der Waals surface area contributed by atoms with Gasteiger partial charge in [-0.2, -0.15) is 5.10 Å². The summed E-state index contributed by atoms with van der Waals surface area (Å²) in [7, 11) is 5.65. The number of amides is 1. The number of nitrogens with zero attached hydrogens (tertiary/aromatic N) is 4. The summed E-state index contributed by atoms with van der Waals surface area (Å²) in [4.78, 5) is 18.0. The van der Waals surface area contributed by atoms with Gasteiger partial charge in [-0.1, -0.05) is 6.07 Å². The molecule has 2 heterocycles. The smallest absolute Gasteiger partial charge is 0.254 e. The molecule has 0 fully saturated rings. The van der Waals surface area contributed by atoms with E-state index in [-0.39, 0.29) is 5.91 Å². The number of aromatic nitrogens is 3. The zero-order valence-corrected chi connectivity index (χ0v) is 11.3. The molecule has 100 valence electrons. The van der Waals surface area contributed by atoms with Crippen LogP contribution in [0.4, 0.5) is 5.82 Å². The van der Waals surface area contributed by atoms with Gasteiger partial charge in [-0.15, -0.1) is 0 Å². The molecule has 0 unspecified atom stereocenters. The van der Waals surface area contributed by atoms with Crippen molar-refractivity contribution in [1.82, 2.24) is 20.1 Å². The van der Waals surface area contributed by atoms with Crippen LogP contribution in [0.5, 0.6) is 0 Å². The fourth-order valence-electron chi connectivity index (χ4n) is 1.61. The summed E-state index contributed by atoms with van der Waals surface area (Å²) in [5, 5.41) is 6.79. The van der Waals surface area contributed by atoms with Crippen LogP contribution < -0.4 is 10.2 Å². The SMILES string of the molecule is CN(C)c1ccc(CNC(=O)c2cnn(C)c2)cn1. The fourth-order valence-corrected chi connectivity index (χ4v) is 1.61. The zero-order chi connectivity index (χ0) is 13.8. The maximum Gasteiger partial charge on any atom is 0.254 e. The second kappa shape index (κ2) is 5.51. The lowest BCUT2D eigenvalue weighted by molar-refractivity contribution is 0.0951. The molecule has 2 aromatic rings. The van der Waals surface area contributed by atoms with Crippen LogP contribution >= 0.6 is 0 Å². The molecule has 0 radical (unpaired) electrons. The molecule has 0 aliphatic carbocycles. The maximum absolute atomic E-state index is 11.8. The van der Waals surface area contributed by atoms with Gasteiger partial charge in [0.15, 0.2) is 0 Å². The minimum atomic E-state index is -0.134. The second-order valence-corrected chi connectivity index (χ2v) is 4.50. The van der Waals surface area contributed by atoms with Crippen molar-refractivity contribution < 1.29 is 4.79 Å². The molecule has 0 aromatic carbocycles. The molecule has 19 heavy (non-hydrogen) atoms. The summed E-state index contributed by atoms with van der Waals surface area (Å²) in [6.07, 6.45) is 4.99. The topological polar surface area (TPSA) is 63.1 Å². The number of carbonyl (C=O) groups is 1. The normalized spacial score (nSPS) is 10.3. The van der Waals surface area contributed by atoms with Gasteiger partial charge in [-0.25, -0.2) is 4.98 Å². The molecule has 1 N–H and O–H groups in total. The predicted octanol–water partition coefficient (Wildman–Crippen LogP) is 0.811. The van der Waals surface area contributed by atoms with Gasteiger partial charge in [-0.3, -0.25) is 9.48 Å². The van der Waals surface area contributed by atoms with E-state index in [4.69, 9.17) is 0 Å². The number of rotatable bonds is 4. The van der Waals surface area contributed by atoms with E-state index < -0.39 is 0 Å². The van der Waals surface area contributed by atoms with Crippen LogP contribution in [0.1, 0.15) is 15.9 Å². The van der Waals surface area contributed by atoms with E-state index in [2.05, 4.69) is 15.4 Å². The van der Waals surface area contributed by atoms with Gasteiger partial charge in [0.25, 0.3) is 5.91 Å². The average Bonchev–Trinajstić information content (AvgIpc) is 2.83. The summed E-state index contributed by atoms with van der Waals surface area (Å²) in [5.41, 5.74) is 1.52. The number of carbonyl (C=O) groups excluding carboxylic acids is 1. The van der Waals surface area contributed by atoms with Gasteiger partial charge >= 0.3 is 0 Å². The van der Waals surface area contributed by atoms with Crippen LogP contribution in [0.2, 0.25) is 0 Å². The summed E-state index contributed by atoms with van der Waals surface area (Å²) in [5.74, 6) is 0.757. The van der Waals surface area contributed by atoms with Crippen LogP contribution in [-0.2, 0) is 13.6 Å². The first-order valence-electron chi connectivity index (χ1n) is 5.95. The van der Waals surface area contributed by atoms with Gasteiger partial charge in [-0.05, 0) is 11.6 Å². The van der Waals surface area contributed by atoms with Crippen LogP contribution in [0.25, 0.3) is 0 Å². The van der Waals surface area contributed by atoms with E-state index in [0.717, 1.165) is 11.4 Å². The standard InChI is InChI=1S/C13H17N5O/c1-17(2)12-5-4-10(6-14-12)7-15-13(19)11-8-16-18(3)9-11/h4-6,8-9H,7H2,1-3H3,(H,15,19). The Labute approximate surface area is 112 Å². The van der Waals surface area contributed by atoms with Crippen molar-refractivity contribution in [2.24, 2.45) is 7.05 Å². The van der Waals surface area contributed by atoms with Gasteiger partial charge < -0.3 is 10.2 Å². The van der Waals surface area contributed by atoms with Crippen molar-refractivity contribution in [1.29, 1.82) is 0 Å². The Morgan fingerprint density at radius 2 is 2.16 bits per heavy atom. The summed E-state index contributed by atoms with van der Waals surface area (Å²) in [6, 6.07) is 3.87. The second-order valence-electron chi connectivity index (χ2n) is 4.50. The lowest BCUT2D eigenvalue weighted by Crippen LogP contribution is -2.22. The highest BCUT2D eigenvalue weighted by Gasteiger charge is 2.07. The molecule has 6 nitrogen and oxygen atoms in total. The minimum absolute atomic E-state index is 0.134. The first-order valence-corrected chi connectivity index (χ1v) is 5.95. The van der Waals surface area contributed by atoms with Crippen LogP contribution in [0.15, 0.2) is 30.7 Å². The van der Waals surface area contributed by atoms with Crippen molar-refractivity contribution in [3.63, 3.8) is 0 Å². The molecule has 0 aliphatic rings. The highest BCUT2D eigenvalue weighted by molar-refractivity contribution is 5.93. The first-order chi connectivity index (χ1) is 9.06. The first kappa shape index (κ1) is 13.1. The van der Waals surface area contributed by atoms with Crippen LogP contribution in [0, 0.1) is 0 Å². The van der Waals surface area contributed by atoms with Crippen molar-refractivity contribution in [2.75, 3.05) is 19.0 Å². The Balaban J connectivity index is 1.93.